The molecule has 0 bridgehead atoms. The van der Waals surface area contributed by atoms with Crippen LogP contribution in [0.25, 0.3) is 0 Å². The topological polar surface area (TPSA) is 96.4 Å². The molecule has 1 aromatic rings. The van der Waals surface area contributed by atoms with Crippen molar-refractivity contribution in [1.29, 1.82) is 0 Å². The van der Waals surface area contributed by atoms with E-state index in [1.807, 2.05) is 0 Å². The Bertz CT molecular complexity index is 475. The molecule has 0 atom stereocenters. The summed E-state index contributed by atoms with van der Waals surface area (Å²) in [5.41, 5.74) is -1.29. The molecular formula is C7H8N2O4S2. The predicted octanol–water partition coefficient (Wildman–Crippen LogP) is 0.0386. The highest BCUT2D eigenvalue weighted by Crippen LogP contribution is 2.37. The number of carbonyl (C=O) groups is 1. The summed E-state index contributed by atoms with van der Waals surface area (Å²) in [6.45, 7) is 0. The van der Waals surface area contributed by atoms with E-state index in [0.29, 0.717) is 12.8 Å². The molecule has 0 radical (unpaired) electrons. The van der Waals surface area contributed by atoms with Gasteiger partial charge in [0.2, 0.25) is 0 Å². The average molecular weight is 248 g/mol. The number of carboxylic acid groups (broad SMARTS) is 1. The van der Waals surface area contributed by atoms with Crippen molar-refractivity contribution in [2.75, 3.05) is 0 Å². The summed E-state index contributed by atoms with van der Waals surface area (Å²) in [6, 6.07) is 1.34. The van der Waals surface area contributed by atoms with E-state index >= 15 is 0 Å². The molecule has 1 aromatic heterocycles. The fraction of sp³-hybridized carbons (Fsp3) is 0.429. The van der Waals surface area contributed by atoms with Gasteiger partial charge in [-0.2, -0.15) is 9.10 Å². The number of sulfonamides is 1. The van der Waals surface area contributed by atoms with Crippen LogP contribution >= 0.6 is 11.5 Å². The summed E-state index contributed by atoms with van der Waals surface area (Å²) >= 11 is 0.817. The van der Waals surface area contributed by atoms with Gasteiger partial charge in [-0.3, -0.25) is 4.79 Å². The quantitative estimate of drug-likeness (QED) is 0.784. The molecule has 0 aromatic carbocycles. The fourth-order valence-electron chi connectivity index (χ4n) is 1.13. The number of hydrogen-bond acceptors (Lipinski definition) is 5. The van der Waals surface area contributed by atoms with Gasteiger partial charge in [-0.15, -0.1) is 0 Å². The Hall–Kier alpha value is -0.990. The molecule has 6 nitrogen and oxygen atoms in total. The zero-order valence-electron chi connectivity index (χ0n) is 7.50. The Morgan fingerprint density at radius 3 is 2.67 bits per heavy atom. The Morgan fingerprint density at radius 1 is 1.60 bits per heavy atom. The maximum Gasteiger partial charge on any atom is 0.324 e. The molecular weight excluding hydrogens is 240 g/mol. The molecule has 0 amide bonds. The van der Waals surface area contributed by atoms with Crippen LogP contribution in [0.5, 0.6) is 0 Å². The number of nitrogens with zero attached hydrogens (tertiary/aromatic N) is 1. The highest BCUT2D eigenvalue weighted by atomic mass is 32.2. The third-order valence-corrected chi connectivity index (χ3v) is 4.92. The molecule has 0 saturated heterocycles. The number of aliphatic carboxylic acids is 1. The van der Waals surface area contributed by atoms with Crippen LogP contribution in [0.3, 0.4) is 0 Å². The van der Waals surface area contributed by atoms with E-state index < -0.39 is 21.5 Å². The van der Waals surface area contributed by atoms with Crippen molar-refractivity contribution in [3.63, 3.8) is 0 Å². The number of carboxylic acids is 1. The van der Waals surface area contributed by atoms with Crippen LogP contribution in [-0.4, -0.2) is 29.4 Å². The molecule has 0 aliphatic heterocycles. The van der Waals surface area contributed by atoms with Crippen molar-refractivity contribution < 1.29 is 18.3 Å². The predicted molar refractivity (Wildman–Crippen MR) is 52.0 cm³/mol. The van der Waals surface area contributed by atoms with Crippen molar-refractivity contribution >= 4 is 27.5 Å². The normalized spacial score (nSPS) is 18.7. The van der Waals surface area contributed by atoms with Gasteiger partial charge in [0.1, 0.15) is 5.54 Å². The van der Waals surface area contributed by atoms with Gasteiger partial charge >= 0.3 is 5.97 Å². The van der Waals surface area contributed by atoms with Gasteiger partial charge in [-0.25, -0.2) is 8.42 Å². The van der Waals surface area contributed by atoms with Crippen LogP contribution in [0.4, 0.5) is 0 Å². The first-order chi connectivity index (χ1) is 6.96. The summed E-state index contributed by atoms with van der Waals surface area (Å²) in [7, 11) is -3.73. The molecule has 1 saturated carbocycles. The monoisotopic (exact) mass is 248 g/mol. The first-order valence-corrected chi connectivity index (χ1v) is 6.40. The zero-order valence-corrected chi connectivity index (χ0v) is 9.14. The third kappa shape index (κ3) is 1.87. The van der Waals surface area contributed by atoms with E-state index in [2.05, 4.69) is 9.10 Å². The molecule has 1 heterocycles. The molecule has 15 heavy (non-hydrogen) atoms. The molecule has 82 valence electrons. The van der Waals surface area contributed by atoms with Gasteiger partial charge < -0.3 is 5.11 Å². The number of nitrogens with one attached hydrogen (secondary N) is 1. The molecule has 1 aliphatic rings. The number of rotatable bonds is 4. The lowest BCUT2D eigenvalue weighted by Crippen LogP contribution is -2.42. The summed E-state index contributed by atoms with van der Waals surface area (Å²) in [5.74, 6) is -1.13. The van der Waals surface area contributed by atoms with Gasteiger partial charge in [0.05, 0.1) is 0 Å². The van der Waals surface area contributed by atoms with Crippen molar-refractivity contribution in [3.05, 3.63) is 12.3 Å². The highest BCUT2D eigenvalue weighted by Gasteiger charge is 2.53. The minimum Gasteiger partial charge on any atom is -0.480 e. The largest absolute Gasteiger partial charge is 0.480 e. The smallest absolute Gasteiger partial charge is 0.324 e. The minimum atomic E-state index is -3.73. The van der Waals surface area contributed by atoms with Gasteiger partial charge in [0.15, 0.2) is 4.21 Å². The second kappa shape index (κ2) is 3.26. The lowest BCUT2D eigenvalue weighted by molar-refractivity contribution is -0.140. The zero-order chi connectivity index (χ0) is 11.1. The van der Waals surface area contributed by atoms with Crippen LogP contribution in [0, 0.1) is 0 Å². The summed E-state index contributed by atoms with van der Waals surface area (Å²) < 4.78 is 29.2. The van der Waals surface area contributed by atoms with E-state index in [0.717, 1.165) is 11.5 Å². The first kappa shape index (κ1) is 10.5. The Balaban J connectivity index is 2.23. The van der Waals surface area contributed by atoms with Crippen LogP contribution in [0.15, 0.2) is 16.5 Å². The second-order valence-electron chi connectivity index (χ2n) is 3.32. The average Bonchev–Trinajstić information content (AvgIpc) is 2.72. The number of aromatic nitrogens is 1. The van der Waals surface area contributed by atoms with E-state index in [9.17, 15) is 13.2 Å². The van der Waals surface area contributed by atoms with E-state index in [-0.39, 0.29) is 4.21 Å². The van der Waals surface area contributed by atoms with Crippen LogP contribution in [-0.2, 0) is 14.8 Å². The lowest BCUT2D eigenvalue weighted by Gasteiger charge is -2.10. The summed E-state index contributed by atoms with van der Waals surface area (Å²) in [6.07, 6.45) is 2.03. The standard InChI is InChI=1S/C7H8N2O4S2/c10-6(11)7(2-3-7)9-15(12,13)5-1-4-8-14-5/h1,4,9H,2-3H2,(H,10,11). The summed E-state index contributed by atoms with van der Waals surface area (Å²) in [4.78, 5) is 10.8. The Labute approximate surface area is 90.2 Å². The van der Waals surface area contributed by atoms with E-state index in [1.165, 1.54) is 12.3 Å². The number of hydrogen-bond donors (Lipinski definition) is 2. The van der Waals surface area contributed by atoms with Gasteiger partial charge in [0.25, 0.3) is 10.0 Å². The van der Waals surface area contributed by atoms with Crippen molar-refractivity contribution in [2.24, 2.45) is 0 Å². The molecule has 0 unspecified atom stereocenters. The lowest BCUT2D eigenvalue weighted by atomic mass is 10.3. The molecule has 8 heteroatoms. The third-order valence-electron chi connectivity index (χ3n) is 2.17. The molecule has 1 aliphatic carbocycles. The van der Waals surface area contributed by atoms with E-state index in [1.54, 1.807) is 0 Å². The van der Waals surface area contributed by atoms with Crippen molar-refractivity contribution in [2.45, 2.75) is 22.6 Å². The van der Waals surface area contributed by atoms with E-state index in [4.69, 9.17) is 5.11 Å². The Kier molecular flexibility index (Phi) is 2.28. The molecule has 2 N–H and O–H groups in total. The molecule has 0 spiro atoms. The maximum atomic E-state index is 11.6. The van der Waals surface area contributed by atoms with Crippen molar-refractivity contribution in [3.8, 4) is 0 Å². The maximum absolute atomic E-state index is 11.6. The van der Waals surface area contributed by atoms with Crippen LogP contribution in [0.2, 0.25) is 0 Å². The van der Waals surface area contributed by atoms with Crippen molar-refractivity contribution in [1.82, 2.24) is 9.10 Å². The minimum absolute atomic E-state index is 0.0371. The SMILES string of the molecule is O=C(O)C1(NS(=O)(=O)c2ccns2)CC1. The Morgan fingerprint density at radius 2 is 2.27 bits per heavy atom. The van der Waals surface area contributed by atoms with Gasteiger partial charge in [-0.1, -0.05) is 0 Å². The second-order valence-corrected chi connectivity index (χ2v) is 6.07. The highest BCUT2D eigenvalue weighted by molar-refractivity contribution is 7.91. The van der Waals surface area contributed by atoms with Gasteiger partial charge in [-0.05, 0) is 30.4 Å². The molecule has 2 rings (SSSR count). The molecule has 1 fully saturated rings. The summed E-state index contributed by atoms with van der Waals surface area (Å²) in [5, 5.41) is 8.83. The van der Waals surface area contributed by atoms with Gasteiger partial charge in [0, 0.05) is 6.20 Å². The van der Waals surface area contributed by atoms with Crippen LogP contribution in [0.1, 0.15) is 12.8 Å². The fourth-order valence-corrected chi connectivity index (χ4v) is 3.28. The first-order valence-electron chi connectivity index (χ1n) is 4.14. The van der Waals surface area contributed by atoms with Crippen LogP contribution < -0.4 is 4.72 Å².